The summed E-state index contributed by atoms with van der Waals surface area (Å²) in [5.74, 6) is -0.295. The summed E-state index contributed by atoms with van der Waals surface area (Å²) in [6.45, 7) is 2.14. The van der Waals surface area contributed by atoms with E-state index in [-0.39, 0.29) is 12.1 Å². The Bertz CT molecular complexity index is 413. The fourth-order valence-electron chi connectivity index (χ4n) is 2.25. The maximum atomic E-state index is 11.6. The number of nitrogens with one attached hydrogen (secondary N) is 1. The van der Waals surface area contributed by atoms with Gasteiger partial charge in [-0.1, -0.05) is 0 Å². The summed E-state index contributed by atoms with van der Waals surface area (Å²) in [7, 11) is 0. The highest BCUT2D eigenvalue weighted by atomic mass is 16.6. The smallest absolute Gasteiger partial charge is 0.276 e. The molecule has 110 valence electrons. The molecule has 1 fully saturated rings. The summed E-state index contributed by atoms with van der Waals surface area (Å²) in [5, 5.41) is 9.77. The lowest BCUT2D eigenvalue weighted by Crippen LogP contribution is -2.40. The van der Waals surface area contributed by atoms with E-state index in [1.54, 1.807) is 18.3 Å². The molecule has 0 aromatic carbocycles. The molecular formula is C14H21N3O3. The topological polar surface area (TPSA) is 74.7 Å². The molecule has 1 aliphatic heterocycles. The molecule has 20 heavy (non-hydrogen) atoms. The first-order valence-corrected chi connectivity index (χ1v) is 7.01. The standard InChI is InChI=1S/C14H21N3O3/c18-13-6-1-2-8-17(13)9-4-10-20-16-14(19)12-5-3-7-15-11-12/h3,5,7,11,13,18H,1-2,4,6,8-10H2,(H,16,19). The molecule has 6 heteroatoms. The molecule has 1 aliphatic rings. The number of amides is 1. The number of rotatable bonds is 6. The third kappa shape index (κ3) is 4.56. The highest BCUT2D eigenvalue weighted by Gasteiger charge is 2.18. The first-order chi connectivity index (χ1) is 9.77. The number of hydrogen-bond acceptors (Lipinski definition) is 5. The molecule has 1 aromatic heterocycles. The van der Waals surface area contributed by atoms with Gasteiger partial charge in [0.05, 0.1) is 12.2 Å². The highest BCUT2D eigenvalue weighted by Crippen LogP contribution is 2.14. The number of hydrogen-bond donors (Lipinski definition) is 2. The van der Waals surface area contributed by atoms with Crippen molar-refractivity contribution in [3.8, 4) is 0 Å². The zero-order valence-electron chi connectivity index (χ0n) is 11.5. The molecule has 2 heterocycles. The molecule has 0 saturated carbocycles. The molecule has 0 bridgehead atoms. The molecule has 0 radical (unpaired) electrons. The van der Waals surface area contributed by atoms with E-state index in [4.69, 9.17) is 4.84 Å². The van der Waals surface area contributed by atoms with Gasteiger partial charge >= 0.3 is 0 Å². The van der Waals surface area contributed by atoms with Gasteiger partial charge in [-0.2, -0.15) is 0 Å². The van der Waals surface area contributed by atoms with Crippen molar-refractivity contribution in [2.75, 3.05) is 19.7 Å². The van der Waals surface area contributed by atoms with E-state index in [0.29, 0.717) is 12.2 Å². The van der Waals surface area contributed by atoms with Gasteiger partial charge in [-0.15, -0.1) is 0 Å². The van der Waals surface area contributed by atoms with Crippen LogP contribution in [0.15, 0.2) is 24.5 Å². The van der Waals surface area contributed by atoms with Gasteiger partial charge in [-0.3, -0.25) is 19.5 Å². The summed E-state index contributed by atoms with van der Waals surface area (Å²) >= 11 is 0. The van der Waals surface area contributed by atoms with Gasteiger partial charge < -0.3 is 5.11 Å². The first kappa shape index (κ1) is 14.9. The predicted octanol–water partition coefficient (Wildman–Crippen LogP) is 0.937. The van der Waals surface area contributed by atoms with Crippen LogP contribution in [0, 0.1) is 0 Å². The van der Waals surface area contributed by atoms with Crippen molar-refractivity contribution < 1.29 is 14.7 Å². The van der Waals surface area contributed by atoms with Crippen LogP contribution in [0.1, 0.15) is 36.0 Å². The molecule has 1 atom stereocenters. The van der Waals surface area contributed by atoms with E-state index in [9.17, 15) is 9.90 Å². The van der Waals surface area contributed by atoms with Gasteiger partial charge in [0.25, 0.3) is 5.91 Å². The van der Waals surface area contributed by atoms with Crippen LogP contribution in [0.2, 0.25) is 0 Å². The number of aromatic nitrogens is 1. The first-order valence-electron chi connectivity index (χ1n) is 7.01. The van der Waals surface area contributed by atoms with Crippen LogP contribution in [0.3, 0.4) is 0 Å². The molecular weight excluding hydrogens is 258 g/mol. The number of hydroxylamine groups is 1. The van der Waals surface area contributed by atoms with Crippen LogP contribution in [0.25, 0.3) is 0 Å². The molecule has 0 spiro atoms. The summed E-state index contributed by atoms with van der Waals surface area (Å²) in [5.41, 5.74) is 2.86. The second kappa shape index (κ2) is 7.94. The molecule has 6 nitrogen and oxygen atoms in total. The van der Waals surface area contributed by atoms with E-state index < -0.39 is 0 Å². The average molecular weight is 279 g/mol. The number of piperidine rings is 1. The van der Waals surface area contributed by atoms with Crippen molar-refractivity contribution in [3.63, 3.8) is 0 Å². The summed E-state index contributed by atoms with van der Waals surface area (Å²) in [4.78, 5) is 22.7. The van der Waals surface area contributed by atoms with Crippen LogP contribution >= 0.6 is 0 Å². The van der Waals surface area contributed by atoms with Gasteiger partial charge in [-0.05, 0) is 37.8 Å². The minimum atomic E-state index is -0.325. The Morgan fingerprint density at radius 3 is 3.20 bits per heavy atom. The minimum Gasteiger partial charge on any atom is -0.378 e. The molecule has 2 rings (SSSR count). The number of pyridine rings is 1. The predicted molar refractivity (Wildman–Crippen MR) is 73.7 cm³/mol. The maximum absolute atomic E-state index is 11.6. The SMILES string of the molecule is O=C(NOCCCN1CCCCC1O)c1cccnc1. The normalized spacial score (nSPS) is 19.8. The van der Waals surface area contributed by atoms with Gasteiger partial charge in [-0.25, -0.2) is 5.48 Å². The fourth-order valence-corrected chi connectivity index (χ4v) is 2.25. The fraction of sp³-hybridized carbons (Fsp3) is 0.571. The molecule has 1 saturated heterocycles. The van der Waals surface area contributed by atoms with Crippen LogP contribution in [0.5, 0.6) is 0 Å². The minimum absolute atomic E-state index is 0.295. The molecule has 0 aliphatic carbocycles. The lowest BCUT2D eigenvalue weighted by molar-refractivity contribution is -0.0316. The summed E-state index contributed by atoms with van der Waals surface area (Å²) < 4.78 is 0. The summed E-state index contributed by atoms with van der Waals surface area (Å²) in [6, 6.07) is 3.38. The Morgan fingerprint density at radius 1 is 1.55 bits per heavy atom. The van der Waals surface area contributed by atoms with Gasteiger partial charge in [0.1, 0.15) is 6.23 Å². The second-order valence-electron chi connectivity index (χ2n) is 4.89. The second-order valence-corrected chi connectivity index (χ2v) is 4.89. The average Bonchev–Trinajstić information content (AvgIpc) is 2.49. The third-order valence-electron chi connectivity index (χ3n) is 3.36. The van der Waals surface area contributed by atoms with Gasteiger partial charge in [0, 0.05) is 25.5 Å². The molecule has 2 N–H and O–H groups in total. The Balaban J connectivity index is 1.58. The molecule has 1 unspecified atom stereocenters. The lowest BCUT2D eigenvalue weighted by Gasteiger charge is -2.31. The monoisotopic (exact) mass is 279 g/mol. The zero-order chi connectivity index (χ0) is 14.2. The van der Waals surface area contributed by atoms with Crippen LogP contribution in [-0.4, -0.2) is 46.8 Å². The van der Waals surface area contributed by atoms with Crippen LogP contribution in [-0.2, 0) is 4.84 Å². The van der Waals surface area contributed by atoms with E-state index in [1.807, 2.05) is 0 Å². The number of carbonyl (C=O) groups is 1. The van der Waals surface area contributed by atoms with Crippen molar-refractivity contribution in [3.05, 3.63) is 30.1 Å². The van der Waals surface area contributed by atoms with E-state index in [2.05, 4.69) is 15.4 Å². The van der Waals surface area contributed by atoms with Crippen molar-refractivity contribution in [1.82, 2.24) is 15.4 Å². The quantitative estimate of drug-likeness (QED) is 0.599. The Kier molecular flexibility index (Phi) is 5.91. The number of aliphatic hydroxyl groups excluding tert-OH is 1. The largest absolute Gasteiger partial charge is 0.378 e. The number of likely N-dealkylation sites (tertiary alicyclic amines) is 1. The maximum Gasteiger partial charge on any atom is 0.276 e. The zero-order valence-corrected chi connectivity index (χ0v) is 11.5. The van der Waals surface area contributed by atoms with E-state index in [0.717, 1.165) is 38.8 Å². The van der Waals surface area contributed by atoms with Crippen molar-refractivity contribution in [1.29, 1.82) is 0 Å². The Labute approximate surface area is 118 Å². The molecule has 1 aromatic rings. The Hall–Kier alpha value is -1.50. The number of carbonyl (C=O) groups excluding carboxylic acids is 1. The van der Waals surface area contributed by atoms with Gasteiger partial charge in [0.2, 0.25) is 0 Å². The van der Waals surface area contributed by atoms with Gasteiger partial charge in [0.15, 0.2) is 0 Å². The Morgan fingerprint density at radius 2 is 2.45 bits per heavy atom. The van der Waals surface area contributed by atoms with E-state index in [1.165, 1.54) is 6.20 Å². The summed E-state index contributed by atoms with van der Waals surface area (Å²) in [6.07, 6.45) is 6.62. The lowest BCUT2D eigenvalue weighted by atomic mass is 10.1. The number of aliphatic hydroxyl groups is 1. The van der Waals surface area contributed by atoms with E-state index >= 15 is 0 Å². The van der Waals surface area contributed by atoms with Crippen LogP contribution < -0.4 is 5.48 Å². The van der Waals surface area contributed by atoms with Crippen LogP contribution in [0.4, 0.5) is 0 Å². The molecule has 1 amide bonds. The third-order valence-corrected chi connectivity index (χ3v) is 3.36. The van der Waals surface area contributed by atoms with Crippen molar-refractivity contribution >= 4 is 5.91 Å². The van der Waals surface area contributed by atoms with Crippen molar-refractivity contribution in [2.24, 2.45) is 0 Å². The van der Waals surface area contributed by atoms with Crippen molar-refractivity contribution in [2.45, 2.75) is 31.9 Å². The highest BCUT2D eigenvalue weighted by molar-refractivity contribution is 5.92. The number of nitrogens with zero attached hydrogens (tertiary/aromatic N) is 2.